The summed E-state index contributed by atoms with van der Waals surface area (Å²) in [6, 6.07) is 3.65. The zero-order valence-corrected chi connectivity index (χ0v) is 11.4. The fourth-order valence-corrected chi connectivity index (χ4v) is 1.57. The second kappa shape index (κ2) is 4.96. The fourth-order valence-electron chi connectivity index (χ4n) is 0.944. The normalized spacial score (nSPS) is 9.73. The first-order valence-corrected chi connectivity index (χ1v) is 5.76. The van der Waals surface area contributed by atoms with Crippen LogP contribution in [0.3, 0.4) is 0 Å². The number of hydrogen-bond donors (Lipinski definition) is 0. The van der Waals surface area contributed by atoms with Gasteiger partial charge in [-0.25, -0.2) is 0 Å². The van der Waals surface area contributed by atoms with E-state index in [9.17, 15) is 19.7 Å². The fraction of sp³-hybridized carbons (Fsp3) is 0. The predicted octanol–water partition coefficient (Wildman–Crippen LogP) is 2.75. The standard InChI is InChI=1S/C8H3I2NO4/c9-7(12)4-1-5(8(10)13)3-6(2-4)11(14)15/h1-3H. The molecule has 0 radical (unpaired) electrons. The molecule has 0 spiro atoms. The molecule has 0 N–H and O–H groups in total. The minimum atomic E-state index is -0.633. The van der Waals surface area contributed by atoms with Crippen LogP contribution < -0.4 is 0 Å². The van der Waals surface area contributed by atoms with Gasteiger partial charge in [-0.1, -0.05) is 0 Å². The molecule has 5 nitrogen and oxygen atoms in total. The SMILES string of the molecule is O=C(I)c1cc(C(=O)I)cc([N+](=O)[O-])c1. The van der Waals surface area contributed by atoms with E-state index < -0.39 is 4.92 Å². The lowest BCUT2D eigenvalue weighted by molar-refractivity contribution is -0.384. The van der Waals surface area contributed by atoms with Gasteiger partial charge in [0.15, 0.2) is 0 Å². The first-order valence-electron chi connectivity index (χ1n) is 3.61. The number of nitro benzene ring substituents is 1. The van der Waals surface area contributed by atoms with E-state index in [2.05, 4.69) is 0 Å². The lowest BCUT2D eigenvalue weighted by Gasteiger charge is -1.98. The van der Waals surface area contributed by atoms with E-state index in [-0.39, 0.29) is 24.4 Å². The number of non-ortho nitro benzene ring substituents is 1. The van der Waals surface area contributed by atoms with Crippen molar-refractivity contribution in [3.8, 4) is 0 Å². The minimum Gasteiger partial charge on any atom is -0.282 e. The molecule has 7 heteroatoms. The smallest absolute Gasteiger partial charge is 0.270 e. The zero-order valence-electron chi connectivity index (χ0n) is 7.07. The van der Waals surface area contributed by atoms with Crippen LogP contribution in [0.4, 0.5) is 5.69 Å². The highest BCUT2D eigenvalue weighted by atomic mass is 127. The Morgan fingerprint density at radius 1 is 1.07 bits per heavy atom. The minimum absolute atomic E-state index is 0.157. The molecule has 0 heterocycles. The lowest BCUT2D eigenvalue weighted by atomic mass is 10.1. The molecule has 1 aromatic carbocycles. The highest BCUT2D eigenvalue weighted by Crippen LogP contribution is 2.20. The molecule has 0 aliphatic heterocycles. The number of halogens is 2. The molecule has 15 heavy (non-hydrogen) atoms. The summed E-state index contributed by atoms with van der Waals surface area (Å²) in [5, 5.41) is 10.5. The molecule has 0 fully saturated rings. The van der Waals surface area contributed by atoms with Gasteiger partial charge in [0, 0.05) is 68.4 Å². The van der Waals surface area contributed by atoms with Gasteiger partial charge in [-0.15, -0.1) is 0 Å². The van der Waals surface area contributed by atoms with Crippen LogP contribution in [0, 0.1) is 10.1 Å². The summed E-state index contributed by atoms with van der Waals surface area (Å²) in [7, 11) is 0. The Hall–Kier alpha value is -0.580. The van der Waals surface area contributed by atoms with Crippen molar-refractivity contribution in [3.63, 3.8) is 0 Å². The number of carbonyl (C=O) groups is 2. The number of nitro groups is 1. The van der Waals surface area contributed by atoms with Gasteiger partial charge < -0.3 is 0 Å². The molecular weight excluding hydrogens is 428 g/mol. The van der Waals surface area contributed by atoms with Crippen LogP contribution >= 0.6 is 45.2 Å². The van der Waals surface area contributed by atoms with Crippen molar-refractivity contribution in [1.29, 1.82) is 0 Å². The molecule has 1 rings (SSSR count). The van der Waals surface area contributed by atoms with Crippen LogP contribution in [0.2, 0.25) is 0 Å². The molecule has 0 aliphatic rings. The second-order valence-corrected chi connectivity index (χ2v) is 4.53. The Morgan fingerprint density at radius 3 is 1.73 bits per heavy atom. The van der Waals surface area contributed by atoms with Crippen LogP contribution in [0.5, 0.6) is 0 Å². The van der Waals surface area contributed by atoms with E-state index in [0.717, 1.165) is 12.1 Å². The highest BCUT2D eigenvalue weighted by Gasteiger charge is 2.15. The van der Waals surface area contributed by atoms with Crippen molar-refractivity contribution >= 4 is 58.4 Å². The van der Waals surface area contributed by atoms with Crippen LogP contribution in [-0.2, 0) is 0 Å². The van der Waals surface area contributed by atoms with Crippen molar-refractivity contribution in [2.45, 2.75) is 0 Å². The molecule has 0 saturated carbocycles. The van der Waals surface area contributed by atoms with Gasteiger partial charge >= 0.3 is 0 Å². The summed E-state index contributed by atoms with van der Waals surface area (Å²) in [4.78, 5) is 32.0. The Kier molecular flexibility index (Phi) is 4.13. The number of benzene rings is 1. The first kappa shape index (κ1) is 12.5. The largest absolute Gasteiger partial charge is 0.282 e. The van der Waals surface area contributed by atoms with Crippen LogP contribution in [0.25, 0.3) is 0 Å². The topological polar surface area (TPSA) is 77.3 Å². The van der Waals surface area contributed by atoms with Crippen molar-refractivity contribution in [2.24, 2.45) is 0 Å². The third-order valence-corrected chi connectivity index (χ3v) is 2.83. The van der Waals surface area contributed by atoms with Gasteiger partial charge in [0.25, 0.3) is 5.69 Å². The predicted molar refractivity (Wildman–Crippen MR) is 69.8 cm³/mol. The molecule has 78 valence electrons. The van der Waals surface area contributed by atoms with Gasteiger partial charge in [-0.05, 0) is 6.07 Å². The van der Waals surface area contributed by atoms with Gasteiger partial charge in [-0.3, -0.25) is 19.7 Å². The Bertz CT molecular complexity index is 379. The molecule has 0 aliphatic carbocycles. The highest BCUT2D eigenvalue weighted by molar-refractivity contribution is 14.1. The average Bonchev–Trinajstić information content (AvgIpc) is 2.16. The summed E-state index contributed by atoms with van der Waals surface area (Å²) in [5.41, 5.74) is 0.0622. The molecular formula is C8H3I2NO4. The molecule has 0 bridgehead atoms. The van der Waals surface area contributed by atoms with E-state index in [4.69, 9.17) is 0 Å². The van der Waals surface area contributed by atoms with E-state index in [1.807, 2.05) is 0 Å². The Morgan fingerprint density at radius 2 is 1.47 bits per heavy atom. The lowest BCUT2D eigenvalue weighted by Crippen LogP contribution is -1.98. The first-order chi connectivity index (χ1) is 6.91. The van der Waals surface area contributed by atoms with E-state index in [0.29, 0.717) is 0 Å². The summed E-state index contributed by atoms with van der Waals surface area (Å²) >= 11 is 3.03. The van der Waals surface area contributed by atoms with E-state index in [1.165, 1.54) is 51.2 Å². The van der Waals surface area contributed by atoms with Gasteiger partial charge in [0.1, 0.15) is 0 Å². The van der Waals surface area contributed by atoms with Crippen LogP contribution in [-0.4, -0.2) is 12.5 Å². The van der Waals surface area contributed by atoms with E-state index >= 15 is 0 Å². The summed E-state index contributed by atoms with van der Waals surface area (Å²) in [6.07, 6.45) is 0. The Balaban J connectivity index is 3.39. The summed E-state index contributed by atoms with van der Waals surface area (Å²) in [5.74, 6) is 0. The number of carbonyl (C=O) groups excluding carboxylic acids is 2. The Labute approximate surface area is 112 Å². The van der Waals surface area contributed by atoms with Gasteiger partial charge in [-0.2, -0.15) is 0 Å². The number of hydrogen-bond acceptors (Lipinski definition) is 4. The number of rotatable bonds is 3. The third kappa shape index (κ3) is 3.19. The maximum atomic E-state index is 11.0. The molecule has 0 amide bonds. The van der Waals surface area contributed by atoms with Crippen molar-refractivity contribution in [1.82, 2.24) is 0 Å². The van der Waals surface area contributed by atoms with Crippen LogP contribution in [0.1, 0.15) is 20.7 Å². The molecule has 0 aromatic heterocycles. The molecule has 0 saturated heterocycles. The van der Waals surface area contributed by atoms with Crippen molar-refractivity contribution in [2.75, 3.05) is 0 Å². The quantitative estimate of drug-likeness (QED) is 0.320. The van der Waals surface area contributed by atoms with Crippen molar-refractivity contribution in [3.05, 3.63) is 39.4 Å². The van der Waals surface area contributed by atoms with Gasteiger partial charge in [0.05, 0.1) is 4.92 Å². The third-order valence-electron chi connectivity index (χ3n) is 1.58. The van der Waals surface area contributed by atoms with Gasteiger partial charge in [0.2, 0.25) is 7.58 Å². The zero-order chi connectivity index (χ0) is 11.6. The second-order valence-electron chi connectivity index (χ2n) is 2.57. The van der Waals surface area contributed by atoms with E-state index in [1.54, 1.807) is 0 Å². The maximum absolute atomic E-state index is 11.0. The molecule has 1 aromatic rings. The summed E-state index contributed by atoms with van der Waals surface area (Å²) in [6.45, 7) is 0. The van der Waals surface area contributed by atoms with Crippen LogP contribution in [0.15, 0.2) is 18.2 Å². The molecule has 0 atom stereocenters. The monoisotopic (exact) mass is 431 g/mol. The number of nitrogens with zero attached hydrogens (tertiary/aromatic N) is 1. The van der Waals surface area contributed by atoms with Crippen molar-refractivity contribution < 1.29 is 14.5 Å². The summed E-state index contributed by atoms with van der Waals surface area (Å²) < 4.78 is -0.676. The average molecular weight is 431 g/mol. The maximum Gasteiger partial charge on any atom is 0.270 e. The molecule has 0 unspecified atom stereocenters.